The van der Waals surface area contributed by atoms with Crippen LogP contribution < -0.4 is 15.1 Å². The number of pyridine rings is 1. The molecule has 0 radical (unpaired) electrons. The van der Waals surface area contributed by atoms with Crippen LogP contribution in [0, 0.1) is 0 Å². The van der Waals surface area contributed by atoms with Crippen LogP contribution in [0.25, 0.3) is 11.1 Å². The van der Waals surface area contributed by atoms with Crippen molar-refractivity contribution in [2.45, 2.75) is 50.2 Å². The molecule has 0 saturated carbocycles. The molecule has 1 aromatic carbocycles. The number of piperidine rings is 2. The van der Waals surface area contributed by atoms with E-state index < -0.39 is 0 Å². The number of carbonyl (C=O) groups is 1. The number of nitrogens with one attached hydrogen (secondary N) is 1. The standard InChI is InChI=1S/C26H32N6O2/c1-30-19-6-4-7-20(30)17-18(16-19)28-25(33)21-8-5-9-22-24(21)29-26(34-22)32-14-12-31(13-15-32)23-10-2-3-11-27-23/h2-3,5,8-11,18-20H,4,6-7,12-17H2,1H3,(H,28,33). The quantitative estimate of drug-likeness (QED) is 0.640. The van der Waals surface area contributed by atoms with Gasteiger partial charge in [0.1, 0.15) is 11.3 Å². The van der Waals surface area contributed by atoms with Gasteiger partial charge in [-0.25, -0.2) is 4.98 Å². The summed E-state index contributed by atoms with van der Waals surface area (Å²) in [7, 11) is 2.24. The highest BCUT2D eigenvalue weighted by atomic mass is 16.4. The minimum absolute atomic E-state index is 0.0435. The van der Waals surface area contributed by atoms with Crippen LogP contribution in [0.4, 0.5) is 11.8 Å². The Labute approximate surface area is 199 Å². The van der Waals surface area contributed by atoms with Crippen LogP contribution in [0.3, 0.4) is 0 Å². The van der Waals surface area contributed by atoms with Crippen molar-refractivity contribution < 1.29 is 9.21 Å². The predicted octanol–water partition coefficient (Wildman–Crippen LogP) is 3.29. The number of anilines is 2. The van der Waals surface area contributed by atoms with Crippen molar-refractivity contribution in [1.29, 1.82) is 0 Å². The summed E-state index contributed by atoms with van der Waals surface area (Å²) in [6, 6.07) is 13.6. The van der Waals surface area contributed by atoms with Crippen molar-refractivity contribution in [2.24, 2.45) is 0 Å². The Morgan fingerprint density at radius 3 is 2.50 bits per heavy atom. The summed E-state index contributed by atoms with van der Waals surface area (Å²) in [5, 5.41) is 3.31. The number of hydrogen-bond donors (Lipinski definition) is 1. The molecule has 2 bridgehead atoms. The molecular weight excluding hydrogens is 428 g/mol. The maximum Gasteiger partial charge on any atom is 0.298 e. The highest BCUT2D eigenvalue weighted by Gasteiger charge is 2.36. The third-order valence-electron chi connectivity index (χ3n) is 7.85. The van der Waals surface area contributed by atoms with Crippen LogP contribution >= 0.6 is 0 Å². The number of aromatic nitrogens is 2. The average molecular weight is 461 g/mol. The van der Waals surface area contributed by atoms with Gasteiger partial charge in [-0.3, -0.25) is 4.79 Å². The van der Waals surface area contributed by atoms with E-state index in [0.29, 0.717) is 34.8 Å². The van der Waals surface area contributed by atoms with Gasteiger partial charge in [0.15, 0.2) is 5.58 Å². The van der Waals surface area contributed by atoms with Crippen molar-refractivity contribution in [3.8, 4) is 0 Å². The van der Waals surface area contributed by atoms with Crippen molar-refractivity contribution in [2.75, 3.05) is 43.0 Å². The third kappa shape index (κ3) is 4.00. The number of rotatable bonds is 4. The first-order valence-corrected chi connectivity index (χ1v) is 12.5. The molecule has 3 fully saturated rings. The fourth-order valence-electron chi connectivity index (χ4n) is 5.92. The Bertz CT molecular complexity index is 1140. The zero-order valence-corrected chi connectivity index (χ0v) is 19.7. The van der Waals surface area contributed by atoms with Gasteiger partial charge in [-0.05, 0) is 57.0 Å². The van der Waals surface area contributed by atoms with Gasteiger partial charge >= 0.3 is 0 Å². The number of oxazole rings is 1. The number of fused-ring (bicyclic) bond motifs is 3. The van der Waals surface area contributed by atoms with E-state index in [-0.39, 0.29) is 11.9 Å². The van der Waals surface area contributed by atoms with Crippen LogP contribution in [-0.2, 0) is 0 Å². The Kier molecular flexibility index (Phi) is 5.61. The summed E-state index contributed by atoms with van der Waals surface area (Å²) in [6.45, 7) is 3.29. The Hall–Kier alpha value is -3.13. The molecule has 1 N–H and O–H groups in total. The molecule has 3 aliphatic rings. The average Bonchev–Trinajstić information content (AvgIpc) is 3.30. The fourth-order valence-corrected chi connectivity index (χ4v) is 5.92. The van der Waals surface area contributed by atoms with E-state index in [9.17, 15) is 4.79 Å². The summed E-state index contributed by atoms with van der Waals surface area (Å²) in [4.78, 5) is 29.5. The largest absolute Gasteiger partial charge is 0.423 e. The van der Waals surface area contributed by atoms with Crippen LogP contribution in [0.15, 0.2) is 47.0 Å². The molecule has 5 heterocycles. The van der Waals surface area contributed by atoms with Crippen molar-refractivity contribution in [3.05, 3.63) is 48.2 Å². The van der Waals surface area contributed by atoms with Crippen LogP contribution in [0.5, 0.6) is 0 Å². The molecule has 3 aromatic rings. The second kappa shape index (κ2) is 8.91. The summed E-state index contributed by atoms with van der Waals surface area (Å²) >= 11 is 0. The van der Waals surface area contributed by atoms with Gasteiger partial charge in [0.05, 0.1) is 5.56 Å². The zero-order chi connectivity index (χ0) is 23.1. The Balaban J connectivity index is 1.16. The van der Waals surface area contributed by atoms with E-state index in [2.05, 4.69) is 32.0 Å². The smallest absolute Gasteiger partial charge is 0.298 e. The van der Waals surface area contributed by atoms with Gasteiger partial charge in [0.25, 0.3) is 11.9 Å². The summed E-state index contributed by atoms with van der Waals surface area (Å²) in [5.41, 5.74) is 1.91. The van der Waals surface area contributed by atoms with Crippen LogP contribution in [0.2, 0.25) is 0 Å². The number of hydrogen-bond acceptors (Lipinski definition) is 7. The monoisotopic (exact) mass is 460 g/mol. The van der Waals surface area contributed by atoms with Crippen molar-refractivity contribution >= 4 is 28.8 Å². The molecular formula is C26H32N6O2. The number of para-hydroxylation sites is 1. The van der Waals surface area contributed by atoms with E-state index in [1.165, 1.54) is 19.3 Å². The molecule has 8 heteroatoms. The molecule has 178 valence electrons. The number of amides is 1. The SMILES string of the molecule is CN1C2CCCC1CC(NC(=O)c1cccc3oc(N4CCN(c5ccccn5)CC4)nc13)C2. The summed E-state index contributed by atoms with van der Waals surface area (Å²) in [6.07, 6.45) is 7.65. The van der Waals surface area contributed by atoms with E-state index in [0.717, 1.165) is 44.8 Å². The molecule has 3 aliphatic heterocycles. The molecule has 2 atom stereocenters. The maximum absolute atomic E-state index is 13.3. The summed E-state index contributed by atoms with van der Waals surface area (Å²) in [5.74, 6) is 0.953. The van der Waals surface area contributed by atoms with Crippen molar-refractivity contribution in [3.63, 3.8) is 0 Å². The lowest BCUT2D eigenvalue weighted by Gasteiger charge is -2.47. The van der Waals surface area contributed by atoms with Crippen LogP contribution in [-0.4, -0.2) is 72.1 Å². The topological polar surface area (TPSA) is 77.7 Å². The molecule has 2 aromatic heterocycles. The molecule has 6 rings (SSSR count). The second-order valence-electron chi connectivity index (χ2n) is 9.86. The molecule has 34 heavy (non-hydrogen) atoms. The number of benzene rings is 1. The van der Waals surface area contributed by atoms with Gasteiger partial charge < -0.3 is 24.4 Å². The highest BCUT2D eigenvalue weighted by molar-refractivity contribution is 6.04. The first kappa shape index (κ1) is 21.4. The predicted molar refractivity (Wildman–Crippen MR) is 132 cm³/mol. The summed E-state index contributed by atoms with van der Waals surface area (Å²) < 4.78 is 6.10. The molecule has 0 spiro atoms. The van der Waals surface area contributed by atoms with Gasteiger partial charge in [-0.1, -0.05) is 18.6 Å². The molecule has 8 nitrogen and oxygen atoms in total. The van der Waals surface area contributed by atoms with Gasteiger partial charge in [-0.15, -0.1) is 0 Å². The Morgan fingerprint density at radius 2 is 1.76 bits per heavy atom. The van der Waals surface area contributed by atoms with Gasteiger partial charge in [0.2, 0.25) is 0 Å². The normalized spacial score (nSPS) is 25.5. The van der Waals surface area contributed by atoms with E-state index in [1.807, 2.05) is 42.6 Å². The number of nitrogens with zero attached hydrogens (tertiary/aromatic N) is 5. The molecule has 3 saturated heterocycles. The van der Waals surface area contributed by atoms with Gasteiger partial charge in [0, 0.05) is 50.5 Å². The van der Waals surface area contributed by atoms with E-state index in [1.54, 1.807) is 0 Å². The number of piperazine rings is 1. The lowest BCUT2D eigenvalue weighted by atomic mass is 9.82. The van der Waals surface area contributed by atoms with E-state index in [4.69, 9.17) is 9.40 Å². The molecule has 0 aliphatic carbocycles. The zero-order valence-electron chi connectivity index (χ0n) is 19.7. The first-order chi connectivity index (χ1) is 16.7. The first-order valence-electron chi connectivity index (χ1n) is 12.5. The van der Waals surface area contributed by atoms with Crippen LogP contribution in [0.1, 0.15) is 42.5 Å². The minimum Gasteiger partial charge on any atom is -0.423 e. The lowest BCUT2D eigenvalue weighted by molar-refractivity contribution is 0.0463. The fraction of sp³-hybridized carbons (Fsp3) is 0.500. The molecule has 1 amide bonds. The number of carbonyl (C=O) groups excluding carboxylic acids is 1. The van der Waals surface area contributed by atoms with E-state index >= 15 is 0 Å². The molecule has 2 unspecified atom stereocenters. The van der Waals surface area contributed by atoms with Crippen molar-refractivity contribution in [1.82, 2.24) is 20.2 Å². The third-order valence-corrected chi connectivity index (χ3v) is 7.85. The van der Waals surface area contributed by atoms with Gasteiger partial charge in [-0.2, -0.15) is 4.98 Å². The second-order valence-corrected chi connectivity index (χ2v) is 9.86. The lowest BCUT2D eigenvalue weighted by Crippen LogP contribution is -2.55. The highest BCUT2D eigenvalue weighted by Crippen LogP contribution is 2.33. The maximum atomic E-state index is 13.3. The minimum atomic E-state index is -0.0435. The Morgan fingerprint density at radius 1 is 1.00 bits per heavy atom.